The van der Waals surface area contributed by atoms with Crippen molar-refractivity contribution >= 4 is 5.91 Å². The van der Waals surface area contributed by atoms with E-state index in [1.165, 1.54) is 12.5 Å². The van der Waals surface area contributed by atoms with Crippen LogP contribution in [0.25, 0.3) is 0 Å². The first kappa shape index (κ1) is 12.0. The van der Waals surface area contributed by atoms with Crippen LogP contribution in [0.4, 0.5) is 0 Å². The summed E-state index contributed by atoms with van der Waals surface area (Å²) in [6, 6.07) is 1.61. The van der Waals surface area contributed by atoms with Crippen molar-refractivity contribution in [3.63, 3.8) is 0 Å². The first-order valence-electron chi connectivity index (χ1n) is 6.17. The van der Waals surface area contributed by atoms with Crippen LogP contribution in [0.15, 0.2) is 35.4 Å². The molecule has 0 radical (unpaired) electrons. The number of rotatable bonds is 3. The summed E-state index contributed by atoms with van der Waals surface area (Å²) in [5.41, 5.74) is 1.51. The van der Waals surface area contributed by atoms with E-state index in [9.17, 15) is 4.79 Å². The molecule has 6 nitrogen and oxygen atoms in total. The Morgan fingerprint density at radius 2 is 2.47 bits per heavy atom. The van der Waals surface area contributed by atoms with Crippen molar-refractivity contribution in [2.45, 2.75) is 18.6 Å². The van der Waals surface area contributed by atoms with Crippen LogP contribution in [0.5, 0.6) is 0 Å². The molecule has 0 spiro atoms. The maximum Gasteiger partial charge on any atom is 0.254 e. The van der Waals surface area contributed by atoms with Crippen molar-refractivity contribution in [3.8, 4) is 0 Å². The number of nitrogens with one attached hydrogen (secondary N) is 1. The smallest absolute Gasteiger partial charge is 0.254 e. The van der Waals surface area contributed by atoms with Crippen LogP contribution in [0.2, 0.25) is 0 Å². The second kappa shape index (κ2) is 4.89. The number of aryl methyl sites for hydroxylation is 1. The zero-order valence-corrected chi connectivity index (χ0v) is 10.6. The first-order valence-corrected chi connectivity index (χ1v) is 6.17. The fourth-order valence-electron chi connectivity index (χ4n) is 2.30. The molecule has 2 aromatic rings. The Hall–Kier alpha value is -2.08. The maximum absolute atomic E-state index is 12.0. The van der Waals surface area contributed by atoms with Crippen LogP contribution in [-0.2, 0) is 11.8 Å². The number of carbonyl (C=O) groups excluding carboxylic acids is 1. The van der Waals surface area contributed by atoms with Gasteiger partial charge in [-0.2, -0.15) is 5.10 Å². The minimum atomic E-state index is -0.141. The molecular weight excluding hydrogens is 246 g/mol. The first-order chi connectivity index (χ1) is 9.24. The highest BCUT2D eigenvalue weighted by atomic mass is 16.5. The molecule has 19 heavy (non-hydrogen) atoms. The van der Waals surface area contributed by atoms with Gasteiger partial charge >= 0.3 is 0 Å². The monoisotopic (exact) mass is 261 g/mol. The summed E-state index contributed by atoms with van der Waals surface area (Å²) in [6.45, 7) is 0.635. The molecule has 0 unspecified atom stereocenters. The molecule has 3 heterocycles. The summed E-state index contributed by atoms with van der Waals surface area (Å²) in [5, 5.41) is 7.11. The van der Waals surface area contributed by atoms with Gasteiger partial charge in [0.05, 0.1) is 24.1 Å². The van der Waals surface area contributed by atoms with Gasteiger partial charge in [0.15, 0.2) is 0 Å². The molecule has 3 rings (SSSR count). The normalized spacial score (nSPS) is 22.6. The van der Waals surface area contributed by atoms with E-state index in [1.54, 1.807) is 16.9 Å². The molecule has 6 heteroatoms. The topological polar surface area (TPSA) is 69.3 Å². The Kier molecular flexibility index (Phi) is 3.08. The molecule has 0 bridgehead atoms. The number of carbonyl (C=O) groups is 1. The Morgan fingerprint density at radius 1 is 1.58 bits per heavy atom. The van der Waals surface area contributed by atoms with Crippen molar-refractivity contribution in [1.29, 1.82) is 0 Å². The molecule has 1 saturated heterocycles. The summed E-state index contributed by atoms with van der Waals surface area (Å²) in [6.07, 6.45) is 7.26. The van der Waals surface area contributed by atoms with E-state index in [0.29, 0.717) is 12.2 Å². The van der Waals surface area contributed by atoms with Gasteiger partial charge < -0.3 is 14.5 Å². The number of hydrogen-bond donors (Lipinski definition) is 1. The molecule has 100 valence electrons. The molecule has 0 saturated carbocycles. The van der Waals surface area contributed by atoms with E-state index in [4.69, 9.17) is 9.15 Å². The highest BCUT2D eigenvalue weighted by Gasteiger charge is 2.32. The third-order valence-electron chi connectivity index (χ3n) is 3.24. The summed E-state index contributed by atoms with van der Waals surface area (Å²) in [7, 11) is 1.86. The van der Waals surface area contributed by atoms with Crippen LogP contribution >= 0.6 is 0 Å². The molecule has 0 aliphatic carbocycles. The van der Waals surface area contributed by atoms with Gasteiger partial charge in [0.1, 0.15) is 12.4 Å². The van der Waals surface area contributed by atoms with E-state index in [-0.39, 0.29) is 18.1 Å². The van der Waals surface area contributed by atoms with Crippen molar-refractivity contribution in [3.05, 3.63) is 42.1 Å². The summed E-state index contributed by atoms with van der Waals surface area (Å²) in [5.74, 6) is -0.141. The predicted molar refractivity (Wildman–Crippen MR) is 66.5 cm³/mol. The van der Waals surface area contributed by atoms with E-state index < -0.39 is 0 Å². The number of amides is 1. The minimum absolute atomic E-state index is 0.0356. The molecule has 2 atom stereocenters. The number of aromatic nitrogens is 2. The molecular formula is C13H15N3O3. The second-order valence-corrected chi connectivity index (χ2v) is 4.62. The van der Waals surface area contributed by atoms with Crippen LogP contribution in [0.3, 0.4) is 0 Å². The van der Waals surface area contributed by atoms with Crippen molar-refractivity contribution in [2.75, 3.05) is 6.61 Å². The Bertz CT molecular complexity index is 561. The Morgan fingerprint density at radius 3 is 3.16 bits per heavy atom. The van der Waals surface area contributed by atoms with Gasteiger partial charge in [0, 0.05) is 25.4 Å². The fraction of sp³-hybridized carbons (Fsp3) is 0.385. The van der Waals surface area contributed by atoms with E-state index in [2.05, 4.69) is 10.4 Å². The predicted octanol–water partition coefficient (Wildman–Crippen LogP) is 1.27. The third kappa shape index (κ3) is 2.39. The lowest BCUT2D eigenvalue weighted by atomic mass is 10.1. The van der Waals surface area contributed by atoms with Gasteiger partial charge in [-0.3, -0.25) is 9.48 Å². The number of nitrogens with zero attached hydrogens (tertiary/aromatic N) is 2. The van der Waals surface area contributed by atoms with Crippen LogP contribution in [0.1, 0.15) is 28.4 Å². The zero-order chi connectivity index (χ0) is 13.2. The molecule has 1 N–H and O–H groups in total. The van der Waals surface area contributed by atoms with Crippen molar-refractivity contribution in [2.24, 2.45) is 7.05 Å². The molecule has 1 aliphatic rings. The number of ether oxygens (including phenoxy) is 1. The quantitative estimate of drug-likeness (QED) is 0.903. The van der Waals surface area contributed by atoms with Crippen molar-refractivity contribution in [1.82, 2.24) is 15.1 Å². The van der Waals surface area contributed by atoms with Crippen LogP contribution in [-0.4, -0.2) is 28.3 Å². The second-order valence-electron chi connectivity index (χ2n) is 4.62. The average molecular weight is 261 g/mol. The molecule has 1 fully saturated rings. The van der Waals surface area contributed by atoms with Gasteiger partial charge in [0.25, 0.3) is 5.91 Å². The Labute approximate surface area is 110 Å². The summed E-state index contributed by atoms with van der Waals surface area (Å²) in [4.78, 5) is 12.0. The van der Waals surface area contributed by atoms with Gasteiger partial charge in [-0.05, 0) is 12.5 Å². The molecule has 1 amide bonds. The van der Waals surface area contributed by atoms with Crippen LogP contribution < -0.4 is 5.32 Å². The number of furan rings is 1. The minimum Gasteiger partial charge on any atom is -0.472 e. The Balaban J connectivity index is 1.72. The highest BCUT2D eigenvalue weighted by Crippen LogP contribution is 2.28. The van der Waals surface area contributed by atoms with Crippen LogP contribution in [0, 0.1) is 0 Å². The van der Waals surface area contributed by atoms with E-state index in [0.717, 1.165) is 12.0 Å². The maximum atomic E-state index is 12.0. The zero-order valence-electron chi connectivity index (χ0n) is 10.6. The molecule has 2 aromatic heterocycles. The van der Waals surface area contributed by atoms with E-state index >= 15 is 0 Å². The summed E-state index contributed by atoms with van der Waals surface area (Å²) >= 11 is 0. The largest absolute Gasteiger partial charge is 0.472 e. The lowest BCUT2D eigenvalue weighted by molar-refractivity contribution is 0.0821. The lowest BCUT2D eigenvalue weighted by Crippen LogP contribution is -2.36. The van der Waals surface area contributed by atoms with E-state index in [1.807, 2.05) is 13.2 Å². The van der Waals surface area contributed by atoms with Crippen molar-refractivity contribution < 1.29 is 13.9 Å². The molecule has 1 aliphatic heterocycles. The average Bonchev–Trinajstić information content (AvgIpc) is 3.08. The summed E-state index contributed by atoms with van der Waals surface area (Å²) < 4.78 is 12.3. The van der Waals surface area contributed by atoms with Gasteiger partial charge in [0.2, 0.25) is 0 Å². The molecule has 0 aromatic carbocycles. The lowest BCUT2D eigenvalue weighted by Gasteiger charge is -2.18. The van der Waals surface area contributed by atoms with Gasteiger partial charge in [-0.15, -0.1) is 0 Å². The van der Waals surface area contributed by atoms with Gasteiger partial charge in [-0.25, -0.2) is 0 Å². The third-order valence-corrected chi connectivity index (χ3v) is 3.24. The number of hydrogen-bond acceptors (Lipinski definition) is 4. The SMILES string of the molecule is Cn1cc([C@H]2OCC[C@@H]2NC(=O)c2ccoc2)cn1. The fourth-order valence-corrected chi connectivity index (χ4v) is 2.30. The van der Waals surface area contributed by atoms with Gasteiger partial charge in [-0.1, -0.05) is 0 Å². The highest BCUT2D eigenvalue weighted by molar-refractivity contribution is 5.94. The standard InChI is InChI=1S/C13H15N3O3/c1-16-7-10(6-14-16)12-11(3-5-19-12)15-13(17)9-2-4-18-8-9/h2,4,6-8,11-12H,3,5H2,1H3,(H,15,17)/t11-,12+/m0/s1.